The molecular weight excluding hydrogens is 270 g/mol. The molecule has 1 aromatic rings. The van der Waals surface area contributed by atoms with Crippen molar-refractivity contribution in [2.24, 2.45) is 0 Å². The van der Waals surface area contributed by atoms with Gasteiger partial charge in [0.25, 0.3) is 5.91 Å². The summed E-state index contributed by atoms with van der Waals surface area (Å²) in [6.07, 6.45) is 5.69. The lowest BCUT2D eigenvalue weighted by Crippen LogP contribution is -2.36. The van der Waals surface area contributed by atoms with Gasteiger partial charge in [-0.1, -0.05) is 19.3 Å². The van der Waals surface area contributed by atoms with E-state index in [9.17, 15) is 4.79 Å². The smallest absolute Gasteiger partial charge is 0.255 e. The van der Waals surface area contributed by atoms with E-state index >= 15 is 0 Å². The topological polar surface area (TPSA) is 56.8 Å². The second-order valence-corrected chi connectivity index (χ2v) is 5.19. The molecule has 1 N–H and O–H groups in total. The molecule has 0 radical (unpaired) electrons. The van der Waals surface area contributed by atoms with Crippen molar-refractivity contribution in [1.82, 2.24) is 5.32 Å². The highest BCUT2D eigenvalue weighted by Gasteiger charge is 2.23. The van der Waals surface area contributed by atoms with Crippen LogP contribution in [-0.4, -0.2) is 33.3 Å². The largest absolute Gasteiger partial charge is 0.493 e. The van der Waals surface area contributed by atoms with E-state index in [1.807, 2.05) is 0 Å². The summed E-state index contributed by atoms with van der Waals surface area (Å²) in [5.74, 6) is 1.27. The Morgan fingerprint density at radius 1 is 1.00 bits per heavy atom. The van der Waals surface area contributed by atoms with Crippen molar-refractivity contribution in [3.05, 3.63) is 17.7 Å². The molecule has 0 spiro atoms. The highest BCUT2D eigenvalue weighted by molar-refractivity contribution is 5.98. The van der Waals surface area contributed by atoms with E-state index in [1.165, 1.54) is 33.5 Å². The van der Waals surface area contributed by atoms with E-state index in [2.05, 4.69) is 5.32 Å². The van der Waals surface area contributed by atoms with Crippen LogP contribution in [0.15, 0.2) is 12.1 Å². The SMILES string of the molecule is COc1ccc(C(=O)NC2CCCCC2)c(OC)c1OC. The molecule has 2 rings (SSSR count). The summed E-state index contributed by atoms with van der Waals surface area (Å²) in [5, 5.41) is 3.08. The van der Waals surface area contributed by atoms with Crippen LogP contribution in [0.5, 0.6) is 17.2 Å². The van der Waals surface area contributed by atoms with E-state index in [0.29, 0.717) is 22.8 Å². The molecule has 0 unspecified atom stereocenters. The number of benzene rings is 1. The van der Waals surface area contributed by atoms with Crippen molar-refractivity contribution in [3.63, 3.8) is 0 Å². The molecule has 5 nitrogen and oxygen atoms in total. The zero-order chi connectivity index (χ0) is 15.2. The lowest BCUT2D eigenvalue weighted by molar-refractivity contribution is 0.0924. The van der Waals surface area contributed by atoms with Crippen molar-refractivity contribution < 1.29 is 19.0 Å². The van der Waals surface area contributed by atoms with Gasteiger partial charge >= 0.3 is 0 Å². The average Bonchev–Trinajstić information content (AvgIpc) is 2.53. The first kappa shape index (κ1) is 15.5. The molecule has 0 heterocycles. The Morgan fingerprint density at radius 3 is 2.24 bits per heavy atom. The Labute approximate surface area is 125 Å². The summed E-state index contributed by atoms with van der Waals surface area (Å²) >= 11 is 0. The van der Waals surface area contributed by atoms with Gasteiger partial charge in [-0.15, -0.1) is 0 Å². The van der Waals surface area contributed by atoms with Gasteiger partial charge in [0.15, 0.2) is 11.5 Å². The maximum absolute atomic E-state index is 12.5. The number of carbonyl (C=O) groups is 1. The molecule has 21 heavy (non-hydrogen) atoms. The first-order chi connectivity index (χ1) is 10.2. The number of hydrogen-bond acceptors (Lipinski definition) is 4. The highest BCUT2D eigenvalue weighted by Crippen LogP contribution is 2.39. The monoisotopic (exact) mass is 293 g/mol. The first-order valence-electron chi connectivity index (χ1n) is 7.31. The zero-order valence-electron chi connectivity index (χ0n) is 12.9. The van der Waals surface area contributed by atoms with Gasteiger partial charge in [-0.2, -0.15) is 0 Å². The lowest BCUT2D eigenvalue weighted by atomic mass is 9.95. The highest BCUT2D eigenvalue weighted by atomic mass is 16.5. The van der Waals surface area contributed by atoms with Crippen molar-refractivity contribution in [2.45, 2.75) is 38.1 Å². The quantitative estimate of drug-likeness (QED) is 0.907. The fraction of sp³-hybridized carbons (Fsp3) is 0.562. The summed E-state index contributed by atoms with van der Waals surface area (Å²) in [6.45, 7) is 0. The minimum Gasteiger partial charge on any atom is -0.493 e. The number of rotatable bonds is 5. The predicted octanol–water partition coefficient (Wildman–Crippen LogP) is 2.77. The molecule has 1 aromatic carbocycles. The van der Waals surface area contributed by atoms with E-state index < -0.39 is 0 Å². The number of methoxy groups -OCH3 is 3. The number of hydrogen-bond donors (Lipinski definition) is 1. The van der Waals surface area contributed by atoms with Crippen LogP contribution in [0.1, 0.15) is 42.5 Å². The maximum Gasteiger partial charge on any atom is 0.255 e. The summed E-state index contributed by atoms with van der Waals surface area (Å²) in [4.78, 5) is 12.5. The van der Waals surface area contributed by atoms with Crippen LogP contribution >= 0.6 is 0 Å². The molecule has 1 amide bonds. The van der Waals surface area contributed by atoms with Crippen molar-refractivity contribution in [3.8, 4) is 17.2 Å². The summed E-state index contributed by atoms with van der Waals surface area (Å²) in [5.41, 5.74) is 0.473. The molecule has 0 aromatic heterocycles. The Morgan fingerprint density at radius 2 is 1.67 bits per heavy atom. The van der Waals surface area contributed by atoms with Gasteiger partial charge in [-0.05, 0) is 25.0 Å². The van der Waals surface area contributed by atoms with Crippen molar-refractivity contribution in [2.75, 3.05) is 21.3 Å². The molecule has 5 heteroatoms. The number of carbonyl (C=O) groups excluding carboxylic acids is 1. The van der Waals surface area contributed by atoms with Crippen LogP contribution in [0.25, 0.3) is 0 Å². The van der Waals surface area contributed by atoms with Gasteiger partial charge in [0.1, 0.15) is 0 Å². The Hall–Kier alpha value is -1.91. The molecule has 0 aliphatic heterocycles. The number of amides is 1. The number of nitrogens with one attached hydrogen (secondary N) is 1. The van der Waals surface area contributed by atoms with E-state index in [-0.39, 0.29) is 11.9 Å². The third-order valence-corrected chi connectivity index (χ3v) is 3.89. The first-order valence-corrected chi connectivity index (χ1v) is 7.31. The van der Waals surface area contributed by atoms with Crippen LogP contribution < -0.4 is 19.5 Å². The van der Waals surface area contributed by atoms with Crippen LogP contribution in [0.3, 0.4) is 0 Å². The third kappa shape index (κ3) is 3.40. The third-order valence-electron chi connectivity index (χ3n) is 3.89. The minimum atomic E-state index is -0.125. The number of ether oxygens (including phenoxy) is 3. The minimum absolute atomic E-state index is 0.125. The fourth-order valence-electron chi connectivity index (χ4n) is 2.79. The second-order valence-electron chi connectivity index (χ2n) is 5.19. The van der Waals surface area contributed by atoms with Gasteiger partial charge < -0.3 is 19.5 Å². The zero-order valence-corrected chi connectivity index (χ0v) is 12.9. The van der Waals surface area contributed by atoms with E-state index in [1.54, 1.807) is 19.2 Å². The van der Waals surface area contributed by atoms with Crippen LogP contribution in [-0.2, 0) is 0 Å². The summed E-state index contributed by atoms with van der Waals surface area (Å²) in [7, 11) is 4.61. The van der Waals surface area contributed by atoms with Crippen molar-refractivity contribution in [1.29, 1.82) is 0 Å². The second kappa shape index (κ2) is 7.20. The normalized spacial score (nSPS) is 15.4. The van der Waals surface area contributed by atoms with Crippen LogP contribution in [0, 0.1) is 0 Å². The van der Waals surface area contributed by atoms with Gasteiger partial charge in [-0.3, -0.25) is 4.79 Å². The molecule has 1 aliphatic carbocycles. The van der Waals surface area contributed by atoms with Gasteiger partial charge in [0.05, 0.1) is 26.9 Å². The van der Waals surface area contributed by atoms with Gasteiger partial charge in [0, 0.05) is 6.04 Å². The lowest BCUT2D eigenvalue weighted by Gasteiger charge is -2.23. The Kier molecular flexibility index (Phi) is 5.31. The maximum atomic E-state index is 12.5. The predicted molar refractivity (Wildman–Crippen MR) is 80.4 cm³/mol. The van der Waals surface area contributed by atoms with Crippen molar-refractivity contribution >= 4 is 5.91 Å². The molecule has 0 atom stereocenters. The average molecular weight is 293 g/mol. The summed E-state index contributed by atoms with van der Waals surface area (Å²) in [6, 6.07) is 3.68. The molecule has 116 valence electrons. The Balaban J connectivity index is 2.23. The molecule has 0 bridgehead atoms. The van der Waals surface area contributed by atoms with Crippen LogP contribution in [0.4, 0.5) is 0 Å². The van der Waals surface area contributed by atoms with Gasteiger partial charge in [0.2, 0.25) is 5.75 Å². The van der Waals surface area contributed by atoms with Gasteiger partial charge in [-0.25, -0.2) is 0 Å². The molecule has 1 aliphatic rings. The molecule has 1 saturated carbocycles. The molecular formula is C16H23NO4. The fourth-order valence-corrected chi connectivity index (χ4v) is 2.79. The molecule has 0 saturated heterocycles. The molecule has 1 fully saturated rings. The van der Waals surface area contributed by atoms with Crippen LogP contribution in [0.2, 0.25) is 0 Å². The van der Waals surface area contributed by atoms with E-state index in [0.717, 1.165) is 12.8 Å². The van der Waals surface area contributed by atoms with E-state index in [4.69, 9.17) is 14.2 Å². The Bertz CT molecular complexity index is 495. The standard InChI is InChI=1S/C16H23NO4/c1-19-13-10-9-12(14(20-2)15(13)21-3)16(18)17-11-7-5-4-6-8-11/h9-11H,4-8H2,1-3H3,(H,17,18). The summed E-state index contributed by atoms with van der Waals surface area (Å²) < 4.78 is 15.9.